The third kappa shape index (κ3) is 4.02. The number of hydrogen-bond acceptors (Lipinski definition) is 3. The molecule has 0 aliphatic heterocycles. The smallest absolute Gasteiger partial charge is 0.228 e. The van der Waals surface area contributed by atoms with Gasteiger partial charge in [0, 0.05) is 14.2 Å². The first kappa shape index (κ1) is 17.1. The van der Waals surface area contributed by atoms with E-state index < -0.39 is 15.2 Å². The lowest BCUT2D eigenvalue weighted by molar-refractivity contribution is -0.155. The van der Waals surface area contributed by atoms with E-state index >= 15 is 0 Å². The lowest BCUT2D eigenvalue weighted by atomic mass is 10.0. The molecule has 4 heteroatoms. The molecule has 0 aliphatic carbocycles. The van der Waals surface area contributed by atoms with Crippen molar-refractivity contribution in [3.8, 4) is 0 Å². The molecule has 20 heavy (non-hydrogen) atoms. The molecule has 0 amide bonds. The molecule has 0 saturated carbocycles. The first-order valence-corrected chi connectivity index (χ1v) is 8.38. The summed E-state index contributed by atoms with van der Waals surface area (Å²) in [6.07, 6.45) is 3.67. The lowest BCUT2D eigenvalue weighted by Gasteiger charge is -2.31. The van der Waals surface area contributed by atoms with Gasteiger partial charge in [-0.05, 0) is 24.0 Å². The van der Waals surface area contributed by atoms with Crippen LogP contribution in [0.3, 0.4) is 0 Å². The molecule has 0 bridgehead atoms. The SMILES string of the molecule is C=Cc1ccccc1C(CC)O[SiH2]C(CC)(OC)OC. The predicted molar refractivity (Wildman–Crippen MR) is 86.2 cm³/mol. The topological polar surface area (TPSA) is 27.7 Å². The van der Waals surface area contributed by atoms with E-state index in [4.69, 9.17) is 13.9 Å². The van der Waals surface area contributed by atoms with Gasteiger partial charge in [0.1, 0.15) is 0 Å². The number of rotatable bonds is 9. The van der Waals surface area contributed by atoms with E-state index in [9.17, 15) is 0 Å². The van der Waals surface area contributed by atoms with Crippen LogP contribution >= 0.6 is 0 Å². The maximum absolute atomic E-state index is 6.20. The van der Waals surface area contributed by atoms with Crippen LogP contribution in [0.15, 0.2) is 30.8 Å². The molecule has 0 fully saturated rings. The molecule has 0 spiro atoms. The quantitative estimate of drug-likeness (QED) is 0.517. The molecule has 0 N–H and O–H groups in total. The molecular weight excluding hydrogens is 268 g/mol. The molecule has 1 aromatic carbocycles. The van der Waals surface area contributed by atoms with Crippen molar-refractivity contribution >= 4 is 15.8 Å². The highest BCUT2D eigenvalue weighted by molar-refractivity contribution is 6.31. The number of ether oxygens (including phenoxy) is 2. The van der Waals surface area contributed by atoms with Crippen molar-refractivity contribution in [1.82, 2.24) is 0 Å². The fourth-order valence-electron chi connectivity index (χ4n) is 2.24. The standard InChI is InChI=1S/C16H26O3Si/c1-6-13-11-9-10-12-14(13)15(7-2)19-20-16(8-3,17-4)18-5/h6,9-12,15H,1,7-8,20H2,2-5H3. The summed E-state index contributed by atoms with van der Waals surface area (Å²) >= 11 is 0. The minimum atomic E-state index is -0.986. The first-order chi connectivity index (χ1) is 9.66. The van der Waals surface area contributed by atoms with Crippen LogP contribution in [0.2, 0.25) is 0 Å². The molecule has 1 rings (SSSR count). The molecule has 1 atom stereocenters. The molecule has 0 radical (unpaired) electrons. The summed E-state index contributed by atoms with van der Waals surface area (Å²) < 4.78 is 17.2. The second-order valence-corrected chi connectivity index (χ2v) is 6.41. The number of hydrogen-bond donors (Lipinski definition) is 0. The molecule has 0 heterocycles. The van der Waals surface area contributed by atoms with Crippen molar-refractivity contribution in [3.05, 3.63) is 42.0 Å². The Labute approximate surface area is 124 Å². The zero-order valence-corrected chi connectivity index (χ0v) is 14.4. The van der Waals surface area contributed by atoms with Gasteiger partial charge in [0.25, 0.3) is 0 Å². The van der Waals surface area contributed by atoms with Gasteiger partial charge in [0.05, 0.1) is 6.10 Å². The molecule has 112 valence electrons. The Morgan fingerprint density at radius 3 is 2.40 bits per heavy atom. The van der Waals surface area contributed by atoms with Crippen molar-refractivity contribution in [1.29, 1.82) is 0 Å². The maximum Gasteiger partial charge on any atom is 0.228 e. The van der Waals surface area contributed by atoms with Crippen LogP contribution < -0.4 is 0 Å². The summed E-state index contributed by atoms with van der Waals surface area (Å²) in [6, 6.07) is 8.23. The van der Waals surface area contributed by atoms with Crippen LogP contribution in [0.5, 0.6) is 0 Å². The van der Waals surface area contributed by atoms with E-state index in [0.717, 1.165) is 18.4 Å². The van der Waals surface area contributed by atoms with Gasteiger partial charge in [-0.2, -0.15) is 0 Å². The van der Waals surface area contributed by atoms with Crippen molar-refractivity contribution in [2.75, 3.05) is 14.2 Å². The van der Waals surface area contributed by atoms with Gasteiger partial charge in [0.15, 0.2) is 5.41 Å². The Kier molecular flexibility index (Phi) is 7.16. The molecule has 1 unspecified atom stereocenters. The number of methoxy groups -OCH3 is 2. The summed E-state index contributed by atoms with van der Waals surface area (Å²) in [7, 11) is 2.38. The Hall–Kier alpha value is -0.943. The Balaban J connectivity index is 2.84. The fourth-order valence-corrected chi connectivity index (χ4v) is 3.55. The molecule has 0 aliphatic rings. The highest BCUT2D eigenvalue weighted by Crippen LogP contribution is 2.27. The van der Waals surface area contributed by atoms with Gasteiger partial charge in [-0.3, -0.25) is 0 Å². The van der Waals surface area contributed by atoms with Gasteiger partial charge in [-0.15, -0.1) is 0 Å². The van der Waals surface area contributed by atoms with Crippen LogP contribution in [-0.4, -0.2) is 29.4 Å². The summed E-state index contributed by atoms with van der Waals surface area (Å²) in [6.45, 7) is 8.06. The van der Waals surface area contributed by atoms with Crippen molar-refractivity contribution < 1.29 is 13.9 Å². The van der Waals surface area contributed by atoms with E-state index in [-0.39, 0.29) is 6.10 Å². The van der Waals surface area contributed by atoms with Gasteiger partial charge in [-0.1, -0.05) is 50.8 Å². The summed E-state index contributed by atoms with van der Waals surface area (Å²) in [4.78, 5) is 0. The largest absolute Gasteiger partial charge is 0.411 e. The maximum atomic E-state index is 6.20. The van der Waals surface area contributed by atoms with E-state index in [0.29, 0.717) is 0 Å². The molecular formula is C16H26O3Si. The van der Waals surface area contributed by atoms with E-state index in [1.165, 1.54) is 5.56 Å². The van der Waals surface area contributed by atoms with E-state index in [2.05, 4.69) is 32.6 Å². The molecule has 0 saturated heterocycles. The van der Waals surface area contributed by atoms with Crippen LogP contribution in [0.1, 0.15) is 43.9 Å². The van der Waals surface area contributed by atoms with Crippen LogP contribution in [-0.2, 0) is 13.9 Å². The lowest BCUT2D eigenvalue weighted by Crippen LogP contribution is -2.41. The van der Waals surface area contributed by atoms with Crippen LogP contribution in [0, 0.1) is 0 Å². The molecule has 0 aromatic heterocycles. The highest BCUT2D eigenvalue weighted by atomic mass is 28.2. The first-order valence-electron chi connectivity index (χ1n) is 7.09. The van der Waals surface area contributed by atoms with E-state index in [1.807, 2.05) is 18.2 Å². The monoisotopic (exact) mass is 294 g/mol. The van der Waals surface area contributed by atoms with Gasteiger partial charge >= 0.3 is 0 Å². The number of benzene rings is 1. The Morgan fingerprint density at radius 2 is 1.90 bits per heavy atom. The van der Waals surface area contributed by atoms with Crippen LogP contribution in [0.25, 0.3) is 6.08 Å². The Bertz CT molecular complexity index is 408. The average molecular weight is 294 g/mol. The van der Waals surface area contributed by atoms with Crippen LogP contribution in [0.4, 0.5) is 0 Å². The molecule has 1 aromatic rings. The van der Waals surface area contributed by atoms with Gasteiger partial charge < -0.3 is 13.9 Å². The minimum absolute atomic E-state index is 0.0760. The van der Waals surface area contributed by atoms with Crippen molar-refractivity contribution in [2.24, 2.45) is 0 Å². The second kappa shape index (κ2) is 8.37. The van der Waals surface area contributed by atoms with Crippen molar-refractivity contribution in [2.45, 2.75) is 38.2 Å². The van der Waals surface area contributed by atoms with E-state index in [1.54, 1.807) is 14.2 Å². The van der Waals surface area contributed by atoms with Gasteiger partial charge in [-0.25, -0.2) is 0 Å². The minimum Gasteiger partial charge on any atom is -0.411 e. The third-order valence-corrected chi connectivity index (χ3v) is 5.81. The summed E-state index contributed by atoms with van der Waals surface area (Å²) in [5, 5.41) is 0. The summed E-state index contributed by atoms with van der Waals surface area (Å²) in [5.74, 6) is 0. The van der Waals surface area contributed by atoms with Gasteiger partial charge in [0.2, 0.25) is 9.76 Å². The Morgan fingerprint density at radius 1 is 1.25 bits per heavy atom. The third-order valence-electron chi connectivity index (χ3n) is 3.72. The zero-order chi connectivity index (χ0) is 15.0. The normalized spacial score (nSPS) is 13.8. The highest BCUT2D eigenvalue weighted by Gasteiger charge is 2.30. The summed E-state index contributed by atoms with van der Waals surface area (Å²) in [5.41, 5.74) is 1.79. The second-order valence-electron chi connectivity index (χ2n) is 4.71. The predicted octanol–water partition coefficient (Wildman–Crippen LogP) is 3.24. The average Bonchev–Trinajstić information content (AvgIpc) is 2.52. The fraction of sp³-hybridized carbons (Fsp3) is 0.500. The molecule has 3 nitrogen and oxygen atoms in total. The zero-order valence-electron chi connectivity index (χ0n) is 13.0. The van der Waals surface area contributed by atoms with Crippen molar-refractivity contribution in [3.63, 3.8) is 0 Å².